The fourth-order valence-corrected chi connectivity index (χ4v) is 2.20. The first-order valence-electron chi connectivity index (χ1n) is 6.44. The van der Waals surface area contributed by atoms with E-state index in [4.69, 9.17) is 16.9 Å². The van der Waals surface area contributed by atoms with E-state index in [1.807, 2.05) is 25.1 Å². The second-order valence-corrected chi connectivity index (χ2v) is 5.12. The van der Waals surface area contributed by atoms with Crippen molar-refractivity contribution in [2.45, 2.75) is 13.0 Å². The molecule has 0 aliphatic heterocycles. The Balaban J connectivity index is 1.81. The van der Waals surface area contributed by atoms with Crippen LogP contribution in [-0.2, 0) is 0 Å². The zero-order valence-electron chi connectivity index (χ0n) is 11.3. The fraction of sp³-hybridized carbons (Fsp3) is 0.133. The summed E-state index contributed by atoms with van der Waals surface area (Å²) in [6, 6.07) is 13.2. The van der Waals surface area contributed by atoms with Crippen LogP contribution >= 0.6 is 11.6 Å². The van der Waals surface area contributed by atoms with Crippen LogP contribution in [0.3, 0.4) is 0 Å². The van der Waals surface area contributed by atoms with Gasteiger partial charge in [-0.2, -0.15) is 10.2 Å². The summed E-state index contributed by atoms with van der Waals surface area (Å²) in [5.74, 6) is 0.536. The van der Waals surface area contributed by atoms with Crippen LogP contribution in [0.25, 0.3) is 5.65 Å². The highest BCUT2D eigenvalue weighted by atomic mass is 35.5. The van der Waals surface area contributed by atoms with Crippen LogP contribution < -0.4 is 5.32 Å². The van der Waals surface area contributed by atoms with Gasteiger partial charge in [0.25, 0.3) is 0 Å². The molecular formula is C15H12ClN5. The molecule has 0 saturated heterocycles. The van der Waals surface area contributed by atoms with E-state index in [9.17, 15) is 0 Å². The van der Waals surface area contributed by atoms with Crippen molar-refractivity contribution in [1.29, 1.82) is 5.26 Å². The molecule has 0 spiro atoms. The predicted molar refractivity (Wildman–Crippen MR) is 81.2 cm³/mol. The summed E-state index contributed by atoms with van der Waals surface area (Å²) in [5.41, 5.74) is 2.44. The van der Waals surface area contributed by atoms with Crippen LogP contribution in [-0.4, -0.2) is 14.6 Å². The maximum Gasteiger partial charge on any atom is 0.243 e. The number of fused-ring (bicyclic) bond motifs is 1. The number of hydrogen-bond acceptors (Lipinski definition) is 4. The Morgan fingerprint density at radius 2 is 2.00 bits per heavy atom. The normalized spacial score (nSPS) is 12.0. The first-order valence-corrected chi connectivity index (χ1v) is 6.82. The Hall–Kier alpha value is -2.58. The van der Waals surface area contributed by atoms with Gasteiger partial charge < -0.3 is 5.32 Å². The van der Waals surface area contributed by atoms with E-state index in [1.54, 1.807) is 28.9 Å². The average molecular weight is 298 g/mol. The predicted octanol–water partition coefficient (Wildman–Crippen LogP) is 3.43. The second kappa shape index (κ2) is 5.43. The zero-order chi connectivity index (χ0) is 14.8. The molecule has 0 bridgehead atoms. The molecule has 1 N–H and O–H groups in total. The van der Waals surface area contributed by atoms with Crippen LogP contribution in [0.4, 0.5) is 5.95 Å². The molecule has 21 heavy (non-hydrogen) atoms. The maximum absolute atomic E-state index is 8.81. The molecule has 0 fully saturated rings. The number of nitrogens with one attached hydrogen (secondary N) is 1. The summed E-state index contributed by atoms with van der Waals surface area (Å²) in [6.07, 6.45) is 1.71. The highest BCUT2D eigenvalue weighted by Gasteiger charge is 2.09. The Kier molecular flexibility index (Phi) is 3.46. The lowest BCUT2D eigenvalue weighted by Gasteiger charge is -2.12. The third-order valence-corrected chi connectivity index (χ3v) is 3.40. The molecule has 0 saturated carbocycles. The third-order valence-electron chi connectivity index (χ3n) is 3.18. The first kappa shape index (κ1) is 13.4. The van der Waals surface area contributed by atoms with Gasteiger partial charge in [0.1, 0.15) is 0 Å². The fourth-order valence-electron chi connectivity index (χ4n) is 2.04. The van der Waals surface area contributed by atoms with Gasteiger partial charge in [-0.3, -0.25) is 0 Å². The largest absolute Gasteiger partial charge is 0.346 e. The van der Waals surface area contributed by atoms with E-state index in [-0.39, 0.29) is 6.04 Å². The van der Waals surface area contributed by atoms with Gasteiger partial charge in [0.05, 0.1) is 22.7 Å². The van der Waals surface area contributed by atoms with E-state index in [1.165, 1.54) is 0 Å². The van der Waals surface area contributed by atoms with Gasteiger partial charge in [0.15, 0.2) is 5.65 Å². The lowest BCUT2D eigenvalue weighted by molar-refractivity contribution is 0.852. The van der Waals surface area contributed by atoms with Gasteiger partial charge in [-0.05, 0) is 36.8 Å². The third kappa shape index (κ3) is 2.81. The highest BCUT2D eigenvalue weighted by molar-refractivity contribution is 6.30. The van der Waals surface area contributed by atoms with Gasteiger partial charge in [0, 0.05) is 6.20 Å². The van der Waals surface area contributed by atoms with Crippen molar-refractivity contribution in [3.8, 4) is 6.07 Å². The number of aromatic nitrogens is 3. The van der Waals surface area contributed by atoms with Crippen molar-refractivity contribution in [1.82, 2.24) is 14.6 Å². The standard InChI is InChI=1S/C15H12ClN5/c1-10(12-4-2-11(8-17)3-5-12)18-15-19-14-7-6-13(16)9-21(14)20-15/h2-7,9-10H,1H3,(H,18,20). The minimum atomic E-state index is 0.0330. The summed E-state index contributed by atoms with van der Waals surface area (Å²) in [7, 11) is 0. The van der Waals surface area contributed by atoms with Crippen LogP contribution in [0.1, 0.15) is 24.1 Å². The first-order chi connectivity index (χ1) is 10.2. The summed E-state index contributed by atoms with van der Waals surface area (Å²) >= 11 is 5.92. The molecule has 0 aliphatic rings. The summed E-state index contributed by atoms with van der Waals surface area (Å²) in [6.45, 7) is 2.01. The molecular weight excluding hydrogens is 286 g/mol. The highest BCUT2D eigenvalue weighted by Crippen LogP contribution is 2.18. The number of benzene rings is 1. The Morgan fingerprint density at radius 1 is 1.24 bits per heavy atom. The Labute approximate surface area is 126 Å². The van der Waals surface area contributed by atoms with Crippen molar-refractivity contribution in [2.75, 3.05) is 5.32 Å². The summed E-state index contributed by atoms with van der Waals surface area (Å²) in [5, 5.41) is 17.0. The molecule has 2 aromatic heterocycles. The molecule has 5 nitrogen and oxygen atoms in total. The topological polar surface area (TPSA) is 66.0 Å². The summed E-state index contributed by atoms with van der Waals surface area (Å²) < 4.78 is 1.64. The van der Waals surface area contributed by atoms with Gasteiger partial charge in [-0.15, -0.1) is 5.10 Å². The van der Waals surface area contributed by atoms with Crippen LogP contribution in [0.15, 0.2) is 42.6 Å². The van der Waals surface area contributed by atoms with E-state index >= 15 is 0 Å². The molecule has 0 radical (unpaired) electrons. The molecule has 3 rings (SSSR count). The minimum Gasteiger partial charge on any atom is -0.346 e. The number of hydrogen-bond donors (Lipinski definition) is 1. The Morgan fingerprint density at radius 3 is 2.71 bits per heavy atom. The van der Waals surface area contributed by atoms with E-state index < -0.39 is 0 Å². The molecule has 1 atom stereocenters. The van der Waals surface area contributed by atoms with E-state index in [2.05, 4.69) is 21.5 Å². The maximum atomic E-state index is 8.81. The van der Waals surface area contributed by atoms with Gasteiger partial charge >= 0.3 is 0 Å². The van der Waals surface area contributed by atoms with Crippen molar-refractivity contribution in [3.63, 3.8) is 0 Å². The van der Waals surface area contributed by atoms with E-state index in [0.29, 0.717) is 16.5 Å². The van der Waals surface area contributed by atoms with Crippen molar-refractivity contribution in [3.05, 3.63) is 58.7 Å². The van der Waals surface area contributed by atoms with Gasteiger partial charge in [0.2, 0.25) is 5.95 Å². The van der Waals surface area contributed by atoms with Gasteiger partial charge in [-0.25, -0.2) is 4.52 Å². The number of nitrogens with zero attached hydrogens (tertiary/aromatic N) is 4. The van der Waals surface area contributed by atoms with Crippen molar-refractivity contribution < 1.29 is 0 Å². The minimum absolute atomic E-state index is 0.0330. The average Bonchev–Trinajstić information content (AvgIpc) is 2.88. The number of anilines is 1. The quantitative estimate of drug-likeness (QED) is 0.804. The van der Waals surface area contributed by atoms with Crippen molar-refractivity contribution in [2.24, 2.45) is 0 Å². The molecule has 2 heterocycles. The van der Waals surface area contributed by atoms with Crippen LogP contribution in [0.5, 0.6) is 0 Å². The second-order valence-electron chi connectivity index (χ2n) is 4.69. The molecule has 6 heteroatoms. The number of rotatable bonds is 3. The van der Waals surface area contributed by atoms with Gasteiger partial charge in [-0.1, -0.05) is 23.7 Å². The van der Waals surface area contributed by atoms with Crippen molar-refractivity contribution >= 4 is 23.2 Å². The number of pyridine rings is 1. The summed E-state index contributed by atoms with van der Waals surface area (Å²) in [4.78, 5) is 4.38. The van der Waals surface area contributed by atoms with Crippen LogP contribution in [0, 0.1) is 11.3 Å². The zero-order valence-corrected chi connectivity index (χ0v) is 12.0. The van der Waals surface area contributed by atoms with Crippen LogP contribution in [0.2, 0.25) is 5.02 Å². The smallest absolute Gasteiger partial charge is 0.243 e. The molecule has 0 aliphatic carbocycles. The number of nitriles is 1. The lowest BCUT2D eigenvalue weighted by Crippen LogP contribution is -2.07. The molecule has 104 valence electrons. The monoisotopic (exact) mass is 297 g/mol. The lowest BCUT2D eigenvalue weighted by atomic mass is 10.1. The molecule has 1 unspecified atom stereocenters. The number of halogens is 1. The van der Waals surface area contributed by atoms with E-state index in [0.717, 1.165) is 11.2 Å². The molecule has 1 aromatic carbocycles. The SMILES string of the molecule is CC(Nc1nc2ccc(Cl)cn2n1)c1ccc(C#N)cc1. The Bertz CT molecular complexity index is 816. The molecule has 3 aromatic rings. The molecule has 0 amide bonds.